The molecule has 2 aliphatic heterocycles. The molecule has 2 aliphatic rings. The maximum atomic E-state index is 10.8. The lowest BCUT2D eigenvalue weighted by Crippen LogP contribution is -2.66. The molecule has 0 saturated carbocycles. The van der Waals surface area contributed by atoms with Crippen LogP contribution in [-0.2, 0) is 20.8 Å². The zero-order chi connectivity index (χ0) is 21.8. The summed E-state index contributed by atoms with van der Waals surface area (Å²) in [5.41, 5.74) is 0.896. The Morgan fingerprint density at radius 2 is 1.47 bits per heavy atom. The fourth-order valence-corrected chi connectivity index (χ4v) is 3.64. The van der Waals surface area contributed by atoms with Crippen LogP contribution < -0.4 is 5.32 Å². The molecule has 170 valence electrons. The highest BCUT2D eigenvalue weighted by Crippen LogP contribution is 2.28. The first-order valence-electron chi connectivity index (χ1n) is 9.73. The number of hydrogen-bond acceptors (Lipinski definition) is 11. The van der Waals surface area contributed by atoms with Gasteiger partial charge in [-0.3, -0.25) is 0 Å². The van der Waals surface area contributed by atoms with Crippen LogP contribution in [0.3, 0.4) is 0 Å². The number of aliphatic hydroxyl groups excluding tert-OH is 7. The molecule has 10 atom stereocenters. The van der Waals surface area contributed by atoms with Gasteiger partial charge in [-0.05, 0) is 5.56 Å². The number of aliphatic hydroxyl groups is 7. The lowest BCUT2D eigenvalue weighted by Gasteiger charge is -2.46. The van der Waals surface area contributed by atoms with Gasteiger partial charge in [0.1, 0.15) is 42.7 Å². The molecule has 0 aliphatic carbocycles. The third-order valence-electron chi connectivity index (χ3n) is 5.40. The molecule has 4 unspecified atom stereocenters. The van der Waals surface area contributed by atoms with Gasteiger partial charge in [-0.1, -0.05) is 30.3 Å². The molecule has 0 radical (unpaired) electrons. The molecule has 0 aromatic heterocycles. The van der Waals surface area contributed by atoms with Gasteiger partial charge in [0.15, 0.2) is 12.6 Å². The van der Waals surface area contributed by atoms with E-state index in [-0.39, 0.29) is 0 Å². The second-order valence-corrected chi connectivity index (χ2v) is 7.43. The summed E-state index contributed by atoms with van der Waals surface area (Å²) in [5, 5.41) is 72.9. The average molecular weight is 431 g/mol. The van der Waals surface area contributed by atoms with Crippen LogP contribution in [-0.4, -0.2) is 110 Å². The van der Waals surface area contributed by atoms with Crippen molar-refractivity contribution in [1.82, 2.24) is 5.32 Å². The summed E-state index contributed by atoms with van der Waals surface area (Å²) in [6.07, 6.45) is -12.9. The van der Waals surface area contributed by atoms with Gasteiger partial charge in [0.2, 0.25) is 0 Å². The van der Waals surface area contributed by atoms with Crippen molar-refractivity contribution in [3.63, 3.8) is 0 Å². The van der Waals surface area contributed by atoms with E-state index in [1.165, 1.54) is 0 Å². The SMILES string of the molecule is OCC1O[C@@H](O[C@@H]2C(CO)O[C@@H](O)[C@@H](NCc3ccccc3)C2O)[C@@H](O)C(O)[C@H]1O. The van der Waals surface area contributed by atoms with Crippen molar-refractivity contribution in [1.29, 1.82) is 0 Å². The summed E-state index contributed by atoms with van der Waals surface area (Å²) in [5.74, 6) is 0. The molecule has 1 aromatic rings. The molecule has 0 bridgehead atoms. The first-order chi connectivity index (χ1) is 14.4. The summed E-state index contributed by atoms with van der Waals surface area (Å²) in [4.78, 5) is 0. The Labute approximate surface area is 173 Å². The summed E-state index contributed by atoms with van der Waals surface area (Å²) >= 11 is 0. The van der Waals surface area contributed by atoms with E-state index in [1.54, 1.807) is 0 Å². The van der Waals surface area contributed by atoms with Gasteiger partial charge in [0.05, 0.1) is 19.3 Å². The summed E-state index contributed by atoms with van der Waals surface area (Å²) in [6, 6.07) is 8.25. The van der Waals surface area contributed by atoms with E-state index < -0.39 is 74.6 Å². The second-order valence-electron chi connectivity index (χ2n) is 7.43. The van der Waals surface area contributed by atoms with Crippen LogP contribution in [0.5, 0.6) is 0 Å². The van der Waals surface area contributed by atoms with Crippen molar-refractivity contribution < 1.29 is 50.0 Å². The highest BCUT2D eigenvalue weighted by atomic mass is 16.7. The number of hydrogen-bond donors (Lipinski definition) is 8. The quantitative estimate of drug-likeness (QED) is 0.214. The Kier molecular flexibility index (Phi) is 8.12. The van der Waals surface area contributed by atoms with Crippen molar-refractivity contribution in [2.24, 2.45) is 0 Å². The van der Waals surface area contributed by atoms with E-state index in [4.69, 9.17) is 14.2 Å². The third kappa shape index (κ3) is 4.98. The van der Waals surface area contributed by atoms with Crippen molar-refractivity contribution in [3.05, 3.63) is 35.9 Å². The first kappa shape index (κ1) is 23.4. The molecule has 8 N–H and O–H groups in total. The Morgan fingerprint density at radius 1 is 0.800 bits per heavy atom. The van der Waals surface area contributed by atoms with E-state index in [1.807, 2.05) is 30.3 Å². The van der Waals surface area contributed by atoms with Crippen molar-refractivity contribution >= 4 is 0 Å². The molecule has 2 saturated heterocycles. The van der Waals surface area contributed by atoms with Crippen molar-refractivity contribution in [3.8, 4) is 0 Å². The highest BCUT2D eigenvalue weighted by Gasteiger charge is 2.50. The number of rotatable bonds is 7. The van der Waals surface area contributed by atoms with Gasteiger partial charge in [0.25, 0.3) is 0 Å². The number of ether oxygens (including phenoxy) is 3. The maximum Gasteiger partial charge on any atom is 0.187 e. The largest absolute Gasteiger partial charge is 0.394 e. The molecule has 0 amide bonds. The zero-order valence-electron chi connectivity index (χ0n) is 16.1. The monoisotopic (exact) mass is 431 g/mol. The molecule has 3 rings (SSSR count). The zero-order valence-corrected chi connectivity index (χ0v) is 16.1. The molecule has 11 nitrogen and oxygen atoms in total. The van der Waals surface area contributed by atoms with Gasteiger partial charge in [-0.15, -0.1) is 0 Å². The number of benzene rings is 1. The van der Waals surface area contributed by atoms with Crippen molar-refractivity contribution in [2.45, 2.75) is 67.9 Å². The topological polar surface area (TPSA) is 181 Å². The van der Waals surface area contributed by atoms with Crippen LogP contribution in [0.2, 0.25) is 0 Å². The fraction of sp³-hybridized carbons (Fsp3) is 0.684. The Bertz CT molecular complexity index is 649. The molecule has 11 heteroatoms. The molecular weight excluding hydrogens is 402 g/mol. The van der Waals surface area contributed by atoms with E-state index in [0.29, 0.717) is 6.54 Å². The van der Waals surface area contributed by atoms with E-state index in [9.17, 15) is 35.7 Å². The van der Waals surface area contributed by atoms with Crippen LogP contribution >= 0.6 is 0 Å². The van der Waals surface area contributed by atoms with Crippen LogP contribution in [0.15, 0.2) is 30.3 Å². The van der Waals surface area contributed by atoms with E-state index in [2.05, 4.69) is 5.32 Å². The lowest BCUT2D eigenvalue weighted by molar-refractivity contribution is -0.345. The molecule has 0 spiro atoms. The maximum absolute atomic E-state index is 10.8. The fourth-order valence-electron chi connectivity index (χ4n) is 3.64. The van der Waals surface area contributed by atoms with Gasteiger partial charge in [-0.25, -0.2) is 0 Å². The second kappa shape index (κ2) is 10.4. The molecule has 1 aromatic carbocycles. The minimum atomic E-state index is -1.68. The molecule has 30 heavy (non-hydrogen) atoms. The Morgan fingerprint density at radius 3 is 2.10 bits per heavy atom. The molecule has 2 heterocycles. The Hall–Kier alpha value is -1.22. The van der Waals surface area contributed by atoms with Gasteiger partial charge in [0, 0.05) is 6.54 Å². The van der Waals surface area contributed by atoms with Gasteiger partial charge in [-0.2, -0.15) is 0 Å². The Balaban J connectivity index is 1.71. The average Bonchev–Trinajstić information content (AvgIpc) is 2.76. The highest BCUT2D eigenvalue weighted by molar-refractivity contribution is 5.14. The van der Waals surface area contributed by atoms with E-state index >= 15 is 0 Å². The van der Waals surface area contributed by atoms with Gasteiger partial charge >= 0.3 is 0 Å². The van der Waals surface area contributed by atoms with E-state index in [0.717, 1.165) is 5.56 Å². The van der Waals surface area contributed by atoms with Crippen molar-refractivity contribution in [2.75, 3.05) is 13.2 Å². The van der Waals surface area contributed by atoms with Crippen LogP contribution in [0.25, 0.3) is 0 Å². The first-order valence-corrected chi connectivity index (χ1v) is 9.73. The predicted molar refractivity (Wildman–Crippen MR) is 99.7 cm³/mol. The number of nitrogens with one attached hydrogen (secondary N) is 1. The van der Waals surface area contributed by atoms with Crippen LogP contribution in [0.4, 0.5) is 0 Å². The standard InChI is InChI=1S/C19H29NO10/c21-7-10-13(23)15(25)16(26)19(29-10)30-17-11(8-22)28-18(27)12(14(17)24)20-6-9-4-2-1-3-5-9/h1-5,10-27H,6-8H2/t10?,11?,12-,13-,14?,15?,16-,17+,18+,19-/m0/s1. The molecular formula is C19H29NO10. The van der Waals surface area contributed by atoms with Crippen LogP contribution in [0, 0.1) is 0 Å². The summed E-state index contributed by atoms with van der Waals surface area (Å²) in [7, 11) is 0. The third-order valence-corrected chi connectivity index (χ3v) is 5.40. The minimum absolute atomic E-state index is 0.305. The molecule has 2 fully saturated rings. The smallest absolute Gasteiger partial charge is 0.187 e. The minimum Gasteiger partial charge on any atom is -0.394 e. The van der Waals surface area contributed by atoms with Crippen LogP contribution in [0.1, 0.15) is 5.56 Å². The lowest BCUT2D eigenvalue weighted by atomic mass is 9.95. The predicted octanol–water partition coefficient (Wildman–Crippen LogP) is -3.60. The summed E-state index contributed by atoms with van der Waals surface area (Å²) < 4.78 is 16.3. The van der Waals surface area contributed by atoms with Gasteiger partial charge < -0.3 is 55.3 Å². The summed E-state index contributed by atoms with van der Waals surface area (Å²) in [6.45, 7) is -0.945. The normalized spacial score (nSPS) is 42.2.